The van der Waals surface area contributed by atoms with Crippen LogP contribution in [0.3, 0.4) is 0 Å². The zero-order chi connectivity index (χ0) is 13.6. The van der Waals surface area contributed by atoms with E-state index < -0.39 is 15.8 Å². The fourth-order valence-electron chi connectivity index (χ4n) is 1.13. The van der Waals surface area contributed by atoms with Gasteiger partial charge in [0.1, 0.15) is 5.82 Å². The number of aromatic nitrogens is 2. The van der Waals surface area contributed by atoms with Crippen LogP contribution in [0.15, 0.2) is 12.4 Å². The topological polar surface area (TPSA) is 98.2 Å². The minimum atomic E-state index is -3.02. The summed E-state index contributed by atoms with van der Waals surface area (Å²) < 4.78 is 27.0. The predicted octanol–water partition coefficient (Wildman–Crippen LogP) is 0.110. The van der Waals surface area contributed by atoms with Gasteiger partial charge in [0.15, 0.2) is 15.5 Å². The number of rotatable bonds is 6. The summed E-state index contributed by atoms with van der Waals surface area (Å²) in [5, 5.41) is 2.79. The molecule has 0 saturated carbocycles. The molecule has 0 aliphatic heterocycles. The lowest BCUT2D eigenvalue weighted by Crippen LogP contribution is -2.18. The molecule has 8 heteroatoms. The highest BCUT2D eigenvalue weighted by atomic mass is 32.2. The van der Waals surface area contributed by atoms with E-state index in [2.05, 4.69) is 20.0 Å². The van der Waals surface area contributed by atoms with E-state index in [1.54, 1.807) is 6.92 Å². The summed E-state index contributed by atoms with van der Waals surface area (Å²) in [6.07, 6.45) is 2.69. The first-order valence-corrected chi connectivity index (χ1v) is 7.15. The van der Waals surface area contributed by atoms with Gasteiger partial charge in [-0.05, 0) is 0 Å². The number of carbonyl (C=O) groups is 1. The fraction of sp³-hybridized carbons (Fsp3) is 0.500. The van der Waals surface area contributed by atoms with Crippen LogP contribution in [0.1, 0.15) is 17.4 Å². The van der Waals surface area contributed by atoms with Gasteiger partial charge in [-0.1, -0.05) is 6.92 Å². The van der Waals surface area contributed by atoms with E-state index in [0.717, 1.165) is 0 Å². The van der Waals surface area contributed by atoms with Crippen molar-refractivity contribution in [2.75, 3.05) is 30.5 Å². The number of carbonyl (C=O) groups excluding carboxylic acids is 1. The third kappa shape index (κ3) is 4.28. The Morgan fingerprint density at radius 2 is 2.17 bits per heavy atom. The second-order valence-electron chi connectivity index (χ2n) is 3.44. The maximum absolute atomic E-state index is 11.3. The third-order valence-electron chi connectivity index (χ3n) is 2.19. The SMILES string of the molecule is CCS(=O)(=O)CCNc1cncc(C(=O)OC)n1. The van der Waals surface area contributed by atoms with E-state index in [0.29, 0.717) is 5.82 Å². The van der Waals surface area contributed by atoms with Crippen LogP contribution in [-0.4, -0.2) is 49.5 Å². The molecule has 0 amide bonds. The van der Waals surface area contributed by atoms with E-state index >= 15 is 0 Å². The van der Waals surface area contributed by atoms with E-state index in [1.165, 1.54) is 19.5 Å². The molecule has 0 atom stereocenters. The lowest BCUT2D eigenvalue weighted by Gasteiger charge is -2.06. The molecule has 0 unspecified atom stereocenters. The normalized spacial score (nSPS) is 11.0. The largest absolute Gasteiger partial charge is 0.464 e. The summed E-state index contributed by atoms with van der Waals surface area (Å²) in [6.45, 7) is 1.81. The van der Waals surface area contributed by atoms with Crippen LogP contribution in [0.4, 0.5) is 5.82 Å². The first-order valence-electron chi connectivity index (χ1n) is 5.33. The van der Waals surface area contributed by atoms with E-state index in [1.807, 2.05) is 0 Å². The van der Waals surface area contributed by atoms with Crippen molar-refractivity contribution in [3.05, 3.63) is 18.1 Å². The van der Waals surface area contributed by atoms with Gasteiger partial charge >= 0.3 is 5.97 Å². The van der Waals surface area contributed by atoms with Crippen LogP contribution in [0.5, 0.6) is 0 Å². The Morgan fingerprint density at radius 3 is 2.78 bits per heavy atom. The molecule has 0 fully saturated rings. The van der Waals surface area contributed by atoms with Crippen molar-refractivity contribution in [1.29, 1.82) is 0 Å². The minimum Gasteiger partial charge on any atom is -0.464 e. The molecule has 18 heavy (non-hydrogen) atoms. The molecule has 0 aliphatic rings. The van der Waals surface area contributed by atoms with Crippen molar-refractivity contribution in [2.24, 2.45) is 0 Å². The Balaban J connectivity index is 2.61. The van der Waals surface area contributed by atoms with E-state index in [9.17, 15) is 13.2 Å². The Morgan fingerprint density at radius 1 is 1.44 bits per heavy atom. The second-order valence-corrected chi connectivity index (χ2v) is 5.92. The van der Waals surface area contributed by atoms with Crippen LogP contribution < -0.4 is 5.32 Å². The number of nitrogens with zero attached hydrogens (tertiary/aromatic N) is 2. The summed E-state index contributed by atoms with van der Waals surface area (Å²) in [5.74, 6) is -0.146. The number of methoxy groups -OCH3 is 1. The summed E-state index contributed by atoms with van der Waals surface area (Å²) in [7, 11) is -1.78. The lowest BCUT2D eigenvalue weighted by atomic mass is 10.4. The number of nitrogens with one attached hydrogen (secondary N) is 1. The molecule has 7 nitrogen and oxygen atoms in total. The van der Waals surface area contributed by atoms with Crippen molar-refractivity contribution < 1.29 is 17.9 Å². The van der Waals surface area contributed by atoms with Gasteiger partial charge in [0.2, 0.25) is 0 Å². The summed E-state index contributed by atoms with van der Waals surface area (Å²) in [5.41, 5.74) is 0.0702. The number of hydrogen-bond acceptors (Lipinski definition) is 7. The quantitative estimate of drug-likeness (QED) is 0.734. The number of esters is 1. The van der Waals surface area contributed by atoms with Gasteiger partial charge < -0.3 is 10.1 Å². The first-order chi connectivity index (χ1) is 8.48. The molecule has 0 aromatic carbocycles. The Kier molecular flexibility index (Phi) is 5.02. The molecule has 1 aromatic heterocycles. The molecule has 1 heterocycles. The second kappa shape index (κ2) is 6.29. The fourth-order valence-corrected chi connectivity index (χ4v) is 1.83. The Bertz CT molecular complexity index is 516. The molecular weight excluding hydrogens is 258 g/mol. The van der Waals surface area contributed by atoms with Gasteiger partial charge in [0, 0.05) is 12.3 Å². The Hall–Kier alpha value is -1.70. The van der Waals surface area contributed by atoms with Crippen molar-refractivity contribution in [2.45, 2.75) is 6.92 Å². The third-order valence-corrected chi connectivity index (χ3v) is 3.89. The predicted molar refractivity (Wildman–Crippen MR) is 66.2 cm³/mol. The number of anilines is 1. The first kappa shape index (κ1) is 14.4. The van der Waals surface area contributed by atoms with Crippen LogP contribution in [0.2, 0.25) is 0 Å². The molecule has 0 radical (unpaired) electrons. The molecule has 100 valence electrons. The van der Waals surface area contributed by atoms with Crippen molar-refractivity contribution in [1.82, 2.24) is 9.97 Å². The minimum absolute atomic E-state index is 0.00757. The van der Waals surface area contributed by atoms with Crippen molar-refractivity contribution in [3.8, 4) is 0 Å². The van der Waals surface area contributed by atoms with Gasteiger partial charge in [0.25, 0.3) is 0 Å². The lowest BCUT2D eigenvalue weighted by molar-refractivity contribution is 0.0593. The van der Waals surface area contributed by atoms with Crippen molar-refractivity contribution >= 4 is 21.6 Å². The zero-order valence-corrected chi connectivity index (χ0v) is 11.0. The molecule has 0 bridgehead atoms. The highest BCUT2D eigenvalue weighted by Gasteiger charge is 2.10. The summed E-state index contributed by atoms with van der Waals surface area (Å²) in [4.78, 5) is 19.0. The van der Waals surface area contributed by atoms with Gasteiger partial charge in [-0.3, -0.25) is 4.98 Å². The van der Waals surface area contributed by atoms with Crippen LogP contribution in [0.25, 0.3) is 0 Å². The van der Waals surface area contributed by atoms with Crippen LogP contribution in [0, 0.1) is 0 Å². The maximum Gasteiger partial charge on any atom is 0.358 e. The summed E-state index contributed by atoms with van der Waals surface area (Å²) in [6, 6.07) is 0. The average Bonchev–Trinajstić information content (AvgIpc) is 2.38. The van der Waals surface area contributed by atoms with Gasteiger partial charge in [0.05, 0.1) is 25.3 Å². The monoisotopic (exact) mass is 273 g/mol. The number of ether oxygens (including phenoxy) is 1. The molecule has 0 spiro atoms. The average molecular weight is 273 g/mol. The molecule has 0 saturated heterocycles. The zero-order valence-electron chi connectivity index (χ0n) is 10.2. The van der Waals surface area contributed by atoms with Gasteiger partial charge in [-0.15, -0.1) is 0 Å². The highest BCUT2D eigenvalue weighted by Crippen LogP contribution is 2.03. The van der Waals surface area contributed by atoms with E-state index in [4.69, 9.17) is 0 Å². The number of sulfone groups is 1. The molecule has 1 rings (SSSR count). The van der Waals surface area contributed by atoms with E-state index in [-0.39, 0.29) is 23.7 Å². The molecule has 0 aliphatic carbocycles. The molecular formula is C10H15N3O4S. The Labute approximate surface area is 106 Å². The standard InChI is InChI=1S/C10H15N3O4S/c1-3-18(15,16)5-4-12-9-7-11-6-8(13-9)10(14)17-2/h6-7H,3-5H2,1-2H3,(H,12,13). The van der Waals surface area contributed by atoms with Crippen LogP contribution in [-0.2, 0) is 14.6 Å². The maximum atomic E-state index is 11.3. The summed E-state index contributed by atoms with van der Waals surface area (Å²) >= 11 is 0. The number of hydrogen-bond donors (Lipinski definition) is 1. The van der Waals surface area contributed by atoms with Crippen LogP contribution >= 0.6 is 0 Å². The smallest absolute Gasteiger partial charge is 0.358 e. The van der Waals surface area contributed by atoms with Gasteiger partial charge in [-0.2, -0.15) is 0 Å². The van der Waals surface area contributed by atoms with Crippen molar-refractivity contribution in [3.63, 3.8) is 0 Å². The van der Waals surface area contributed by atoms with Gasteiger partial charge in [-0.25, -0.2) is 18.2 Å². The highest BCUT2D eigenvalue weighted by molar-refractivity contribution is 7.91. The molecule has 1 aromatic rings. The molecule has 1 N–H and O–H groups in total.